The highest BCUT2D eigenvalue weighted by atomic mass is 16.5. The number of ether oxygens (including phenoxy) is 1. The topological polar surface area (TPSA) is 99.1 Å². The molecule has 0 unspecified atom stereocenters. The molecule has 0 spiro atoms. The van der Waals surface area contributed by atoms with Gasteiger partial charge in [0.15, 0.2) is 0 Å². The number of nitrogens with one attached hydrogen (secondary N) is 1. The van der Waals surface area contributed by atoms with Gasteiger partial charge in [-0.1, -0.05) is 6.07 Å². The van der Waals surface area contributed by atoms with Crippen LogP contribution in [0, 0.1) is 11.8 Å². The predicted octanol–water partition coefficient (Wildman–Crippen LogP) is 0.959. The lowest BCUT2D eigenvalue weighted by atomic mass is 9.97. The summed E-state index contributed by atoms with van der Waals surface area (Å²) in [6.07, 6.45) is 2.33. The van der Waals surface area contributed by atoms with Crippen LogP contribution in [0.4, 0.5) is 0 Å². The summed E-state index contributed by atoms with van der Waals surface area (Å²) in [5.74, 6) is -0.158. The number of amides is 2. The second-order valence-corrected chi connectivity index (χ2v) is 8.20. The largest absolute Gasteiger partial charge is 0.508 e. The third kappa shape index (κ3) is 4.00. The van der Waals surface area contributed by atoms with Crippen LogP contribution in [0.1, 0.15) is 36.8 Å². The minimum Gasteiger partial charge on any atom is -0.508 e. The van der Waals surface area contributed by atoms with E-state index in [1.165, 1.54) is 0 Å². The van der Waals surface area contributed by atoms with Crippen LogP contribution in [0.3, 0.4) is 0 Å². The minimum absolute atomic E-state index is 0.0239. The zero-order valence-electron chi connectivity index (χ0n) is 16.0. The van der Waals surface area contributed by atoms with Crippen molar-refractivity contribution in [2.75, 3.05) is 19.8 Å². The van der Waals surface area contributed by atoms with Crippen molar-refractivity contribution in [2.45, 2.75) is 50.8 Å². The summed E-state index contributed by atoms with van der Waals surface area (Å²) in [6.45, 7) is 2.31. The molecule has 1 saturated carbocycles. The monoisotopic (exact) mass is 388 g/mol. The standard InChI is InChI=1S/C21H28N2O5/c24-17-2-1-13-3-6-23(12-16(13)9-17)21(27)15-10-18(19(25)11-15)22-20(26)14-4-7-28-8-5-14/h1-2,9,14-15,18-19,24-25H,3-8,10-12H2,(H,22,26)/t15-,18-,19-/m0/s1. The summed E-state index contributed by atoms with van der Waals surface area (Å²) in [5, 5.41) is 23.1. The van der Waals surface area contributed by atoms with Crippen molar-refractivity contribution in [3.63, 3.8) is 0 Å². The second-order valence-electron chi connectivity index (χ2n) is 8.20. The number of benzene rings is 1. The molecule has 2 aliphatic heterocycles. The number of carbonyl (C=O) groups excluding carboxylic acids is 2. The van der Waals surface area contributed by atoms with Crippen molar-refractivity contribution < 1.29 is 24.5 Å². The maximum absolute atomic E-state index is 13.0. The molecule has 1 aliphatic carbocycles. The average molecular weight is 388 g/mol. The number of phenolic OH excluding ortho intramolecular Hbond substituents is 1. The normalized spacial score (nSPS) is 28.0. The number of aromatic hydroxyl groups is 1. The van der Waals surface area contributed by atoms with Crippen LogP contribution in [0.25, 0.3) is 0 Å². The molecule has 0 aromatic heterocycles. The van der Waals surface area contributed by atoms with E-state index in [1.807, 2.05) is 11.0 Å². The fourth-order valence-electron chi connectivity index (χ4n) is 4.62. The molecule has 1 aromatic rings. The summed E-state index contributed by atoms with van der Waals surface area (Å²) >= 11 is 0. The Hall–Kier alpha value is -2.12. The molecule has 152 valence electrons. The predicted molar refractivity (Wildman–Crippen MR) is 101 cm³/mol. The minimum atomic E-state index is -0.695. The molecule has 2 fully saturated rings. The van der Waals surface area contributed by atoms with E-state index in [0.29, 0.717) is 52.0 Å². The van der Waals surface area contributed by atoms with Gasteiger partial charge in [-0.15, -0.1) is 0 Å². The maximum Gasteiger partial charge on any atom is 0.226 e. The van der Waals surface area contributed by atoms with Gasteiger partial charge in [-0.25, -0.2) is 0 Å². The van der Waals surface area contributed by atoms with Crippen LogP contribution in [0.5, 0.6) is 5.75 Å². The highest BCUT2D eigenvalue weighted by Gasteiger charge is 2.40. The molecule has 4 rings (SSSR count). The van der Waals surface area contributed by atoms with Crippen molar-refractivity contribution in [3.8, 4) is 5.75 Å². The first-order valence-corrected chi connectivity index (χ1v) is 10.2. The van der Waals surface area contributed by atoms with E-state index in [4.69, 9.17) is 4.74 Å². The van der Waals surface area contributed by atoms with Gasteiger partial charge in [0.1, 0.15) is 5.75 Å². The summed E-state index contributed by atoms with van der Waals surface area (Å²) in [5.41, 5.74) is 2.14. The molecule has 28 heavy (non-hydrogen) atoms. The first-order chi connectivity index (χ1) is 13.5. The number of hydrogen-bond acceptors (Lipinski definition) is 5. The Kier molecular flexibility index (Phi) is 5.55. The Balaban J connectivity index is 1.35. The van der Waals surface area contributed by atoms with Gasteiger partial charge in [-0.3, -0.25) is 9.59 Å². The molecule has 1 aromatic carbocycles. The zero-order chi connectivity index (χ0) is 19.7. The molecule has 0 radical (unpaired) electrons. The van der Waals surface area contributed by atoms with Gasteiger partial charge < -0.3 is 25.2 Å². The lowest BCUT2D eigenvalue weighted by Gasteiger charge is -2.31. The molecule has 7 heteroatoms. The number of carbonyl (C=O) groups is 2. The molecule has 3 N–H and O–H groups in total. The molecule has 7 nitrogen and oxygen atoms in total. The Morgan fingerprint density at radius 2 is 1.89 bits per heavy atom. The molecular formula is C21H28N2O5. The van der Waals surface area contributed by atoms with Crippen LogP contribution >= 0.6 is 0 Å². The molecule has 3 atom stereocenters. The third-order valence-electron chi connectivity index (χ3n) is 6.31. The van der Waals surface area contributed by atoms with E-state index in [9.17, 15) is 19.8 Å². The molecular weight excluding hydrogens is 360 g/mol. The Bertz CT molecular complexity index is 746. The Morgan fingerprint density at radius 1 is 1.11 bits per heavy atom. The van der Waals surface area contributed by atoms with Gasteiger partial charge in [0, 0.05) is 38.1 Å². The third-order valence-corrected chi connectivity index (χ3v) is 6.31. The molecule has 0 bridgehead atoms. The van der Waals surface area contributed by atoms with E-state index in [-0.39, 0.29) is 35.4 Å². The van der Waals surface area contributed by atoms with E-state index >= 15 is 0 Å². The lowest BCUT2D eigenvalue weighted by Crippen LogP contribution is -2.44. The SMILES string of the molecule is O=C(N[C@H]1C[C@H](C(=O)N2CCc3ccc(O)cc3C2)C[C@@H]1O)C1CCOCC1. The van der Waals surface area contributed by atoms with Gasteiger partial charge in [-0.05, 0) is 55.4 Å². The van der Waals surface area contributed by atoms with E-state index in [0.717, 1.165) is 17.5 Å². The van der Waals surface area contributed by atoms with Crippen LogP contribution in [0.2, 0.25) is 0 Å². The van der Waals surface area contributed by atoms with Gasteiger partial charge >= 0.3 is 0 Å². The van der Waals surface area contributed by atoms with Crippen molar-refractivity contribution in [2.24, 2.45) is 11.8 Å². The molecule has 2 amide bonds. The van der Waals surface area contributed by atoms with Gasteiger partial charge in [0.05, 0.1) is 12.1 Å². The molecule has 3 aliphatic rings. The van der Waals surface area contributed by atoms with Gasteiger partial charge in [0.25, 0.3) is 0 Å². The van der Waals surface area contributed by atoms with Crippen molar-refractivity contribution >= 4 is 11.8 Å². The van der Waals surface area contributed by atoms with E-state index in [1.54, 1.807) is 12.1 Å². The Labute approximate surface area is 164 Å². The van der Waals surface area contributed by atoms with Crippen molar-refractivity contribution in [3.05, 3.63) is 29.3 Å². The lowest BCUT2D eigenvalue weighted by molar-refractivity contribution is -0.136. The number of phenols is 1. The van der Waals surface area contributed by atoms with Gasteiger partial charge in [-0.2, -0.15) is 0 Å². The number of rotatable bonds is 3. The Morgan fingerprint density at radius 3 is 2.68 bits per heavy atom. The average Bonchev–Trinajstić information content (AvgIpc) is 3.07. The van der Waals surface area contributed by atoms with Crippen molar-refractivity contribution in [1.82, 2.24) is 10.2 Å². The summed E-state index contributed by atoms with van der Waals surface area (Å²) in [4.78, 5) is 27.3. The quantitative estimate of drug-likeness (QED) is 0.716. The first kappa shape index (κ1) is 19.2. The van der Waals surface area contributed by atoms with Crippen LogP contribution in [-0.2, 0) is 27.3 Å². The smallest absolute Gasteiger partial charge is 0.226 e. The highest BCUT2D eigenvalue weighted by molar-refractivity contribution is 5.81. The van der Waals surface area contributed by atoms with Crippen LogP contribution in [0.15, 0.2) is 18.2 Å². The van der Waals surface area contributed by atoms with Crippen molar-refractivity contribution in [1.29, 1.82) is 0 Å². The summed E-state index contributed by atoms with van der Waals surface area (Å²) in [6, 6.07) is 4.93. The number of hydrogen-bond donors (Lipinski definition) is 3. The fraction of sp³-hybridized carbons (Fsp3) is 0.619. The molecule has 2 heterocycles. The highest BCUT2D eigenvalue weighted by Crippen LogP contribution is 2.31. The first-order valence-electron chi connectivity index (χ1n) is 10.2. The zero-order valence-corrected chi connectivity index (χ0v) is 16.0. The fourth-order valence-corrected chi connectivity index (χ4v) is 4.62. The number of aliphatic hydroxyl groups is 1. The van der Waals surface area contributed by atoms with Crippen LogP contribution < -0.4 is 5.32 Å². The van der Waals surface area contributed by atoms with Crippen LogP contribution in [-0.4, -0.2) is 58.8 Å². The van der Waals surface area contributed by atoms with Gasteiger partial charge in [0.2, 0.25) is 11.8 Å². The van der Waals surface area contributed by atoms with E-state index in [2.05, 4.69) is 5.32 Å². The molecule has 1 saturated heterocycles. The number of nitrogens with zero attached hydrogens (tertiary/aromatic N) is 1. The maximum atomic E-state index is 13.0. The second kappa shape index (κ2) is 8.09. The van der Waals surface area contributed by atoms with E-state index < -0.39 is 6.10 Å². The summed E-state index contributed by atoms with van der Waals surface area (Å²) in [7, 11) is 0. The summed E-state index contributed by atoms with van der Waals surface area (Å²) < 4.78 is 5.29. The number of aliphatic hydroxyl groups excluding tert-OH is 1. The number of fused-ring (bicyclic) bond motifs is 1.